The maximum absolute atomic E-state index is 12.8. The van der Waals surface area contributed by atoms with E-state index in [2.05, 4.69) is 10.6 Å². The monoisotopic (exact) mass is 367 g/mol. The van der Waals surface area contributed by atoms with E-state index in [0.29, 0.717) is 36.0 Å². The van der Waals surface area contributed by atoms with Gasteiger partial charge in [0, 0.05) is 17.9 Å². The lowest BCUT2D eigenvalue weighted by Crippen LogP contribution is -2.42. The lowest BCUT2D eigenvalue weighted by molar-refractivity contribution is -0.127. The number of nitrogens with zero attached hydrogens (tertiary/aromatic N) is 1. The number of fused-ring (bicyclic) bond motifs is 1. The van der Waals surface area contributed by atoms with E-state index in [4.69, 9.17) is 4.74 Å². The summed E-state index contributed by atoms with van der Waals surface area (Å²) in [5.74, 6) is 0.644. The Morgan fingerprint density at radius 1 is 1.11 bits per heavy atom. The highest BCUT2D eigenvalue weighted by Crippen LogP contribution is 2.38. The normalized spacial score (nSPS) is 15.4. The number of hydrogen-bond donors (Lipinski definition) is 2. The molecule has 6 nitrogen and oxygen atoms in total. The summed E-state index contributed by atoms with van der Waals surface area (Å²) in [7, 11) is 0. The number of rotatable bonds is 3. The van der Waals surface area contributed by atoms with Crippen molar-refractivity contribution in [2.45, 2.75) is 27.7 Å². The van der Waals surface area contributed by atoms with Gasteiger partial charge in [-0.3, -0.25) is 4.79 Å². The lowest BCUT2D eigenvalue weighted by atomic mass is 9.93. The van der Waals surface area contributed by atoms with Crippen LogP contribution in [0.4, 0.5) is 21.9 Å². The minimum atomic E-state index is -0.606. The van der Waals surface area contributed by atoms with Gasteiger partial charge in [0.2, 0.25) is 5.91 Å². The van der Waals surface area contributed by atoms with Gasteiger partial charge in [-0.15, -0.1) is 0 Å². The first-order valence-corrected chi connectivity index (χ1v) is 9.03. The van der Waals surface area contributed by atoms with Gasteiger partial charge in [-0.2, -0.15) is 0 Å². The van der Waals surface area contributed by atoms with Crippen molar-refractivity contribution in [1.82, 2.24) is 0 Å². The van der Waals surface area contributed by atoms with Crippen molar-refractivity contribution < 1.29 is 14.3 Å². The molecule has 0 bridgehead atoms. The zero-order valence-corrected chi connectivity index (χ0v) is 16.1. The smallest absolute Gasteiger partial charge is 0.323 e. The van der Waals surface area contributed by atoms with E-state index in [9.17, 15) is 9.59 Å². The Hall–Kier alpha value is -3.02. The molecule has 2 aromatic carbocycles. The Kier molecular flexibility index (Phi) is 5.08. The van der Waals surface area contributed by atoms with Crippen LogP contribution >= 0.6 is 0 Å². The van der Waals surface area contributed by atoms with E-state index >= 15 is 0 Å². The molecule has 0 fully saturated rings. The molecule has 0 radical (unpaired) electrons. The van der Waals surface area contributed by atoms with Crippen LogP contribution in [0.1, 0.15) is 26.3 Å². The highest BCUT2D eigenvalue weighted by Gasteiger charge is 2.37. The molecule has 1 aliphatic heterocycles. The first-order valence-electron chi connectivity index (χ1n) is 9.03. The van der Waals surface area contributed by atoms with E-state index < -0.39 is 5.41 Å². The molecule has 0 saturated heterocycles. The molecule has 0 aromatic heterocycles. The van der Waals surface area contributed by atoms with E-state index in [-0.39, 0.29) is 11.9 Å². The van der Waals surface area contributed by atoms with Crippen molar-refractivity contribution in [2.75, 3.05) is 28.7 Å². The topological polar surface area (TPSA) is 70.7 Å². The maximum atomic E-state index is 12.8. The number of aryl methyl sites for hydroxylation is 1. The second-order valence-electron chi connectivity index (χ2n) is 7.35. The first-order chi connectivity index (χ1) is 12.8. The van der Waals surface area contributed by atoms with Crippen molar-refractivity contribution in [2.24, 2.45) is 5.41 Å². The van der Waals surface area contributed by atoms with Gasteiger partial charge in [0.25, 0.3) is 0 Å². The number of amides is 3. The maximum Gasteiger partial charge on any atom is 0.323 e. The quantitative estimate of drug-likeness (QED) is 0.844. The minimum Gasteiger partial charge on any atom is -0.490 e. The van der Waals surface area contributed by atoms with E-state index in [1.165, 1.54) is 0 Å². The number of hydrogen-bond acceptors (Lipinski definition) is 3. The molecule has 2 N–H and O–H groups in total. The summed E-state index contributed by atoms with van der Waals surface area (Å²) >= 11 is 0. The molecule has 2 aromatic rings. The molecule has 0 saturated carbocycles. The Morgan fingerprint density at radius 2 is 1.74 bits per heavy atom. The summed E-state index contributed by atoms with van der Waals surface area (Å²) < 4.78 is 5.84. The molecule has 3 rings (SSSR count). The zero-order valence-electron chi connectivity index (χ0n) is 16.1. The Balaban J connectivity index is 1.80. The van der Waals surface area contributed by atoms with E-state index in [0.717, 1.165) is 5.56 Å². The fourth-order valence-corrected chi connectivity index (χ4v) is 2.97. The number of carbonyl (C=O) groups is 2. The molecule has 0 atom stereocenters. The summed E-state index contributed by atoms with van der Waals surface area (Å²) in [4.78, 5) is 26.8. The molecule has 0 aliphatic carbocycles. The summed E-state index contributed by atoms with van der Waals surface area (Å²) in [5.41, 5.74) is 2.49. The van der Waals surface area contributed by atoms with E-state index in [1.807, 2.05) is 52.0 Å². The van der Waals surface area contributed by atoms with Gasteiger partial charge in [0.05, 0.1) is 11.1 Å². The van der Waals surface area contributed by atoms with Gasteiger partial charge < -0.3 is 20.3 Å². The number of ether oxygens (including phenoxy) is 1. The molecule has 0 unspecified atom stereocenters. The summed E-state index contributed by atoms with van der Waals surface area (Å²) in [6.45, 7) is 8.50. The largest absolute Gasteiger partial charge is 0.490 e. The lowest BCUT2D eigenvalue weighted by Gasteiger charge is -2.27. The highest BCUT2D eigenvalue weighted by molar-refractivity contribution is 6.02. The van der Waals surface area contributed by atoms with Gasteiger partial charge in [-0.05, 0) is 58.0 Å². The van der Waals surface area contributed by atoms with Crippen molar-refractivity contribution in [1.29, 1.82) is 0 Å². The van der Waals surface area contributed by atoms with Gasteiger partial charge in [-0.1, -0.05) is 17.7 Å². The van der Waals surface area contributed by atoms with Gasteiger partial charge in [0.1, 0.15) is 12.4 Å². The fraction of sp³-hybridized carbons (Fsp3) is 0.333. The third-order valence-corrected chi connectivity index (χ3v) is 4.55. The summed E-state index contributed by atoms with van der Waals surface area (Å²) in [6, 6.07) is 12.5. The van der Waals surface area contributed by atoms with Crippen LogP contribution in [0.15, 0.2) is 42.5 Å². The standard InChI is InChI=1S/C21H25N3O3/c1-5-24-17-12-16(10-11-18(17)27-13-21(3,4)19(24)25)23-20(26)22-15-8-6-14(2)7-9-15/h6-12H,5,13H2,1-4H3,(H2,22,23,26). The predicted octanol–water partition coefficient (Wildman–Crippen LogP) is 4.41. The summed E-state index contributed by atoms with van der Waals surface area (Å²) in [6.07, 6.45) is 0. The SMILES string of the molecule is CCN1C(=O)C(C)(C)COc2ccc(NC(=O)Nc3ccc(C)cc3)cc21. The van der Waals surface area contributed by atoms with Crippen LogP contribution in [0, 0.1) is 12.3 Å². The molecule has 0 spiro atoms. The molecule has 1 aliphatic rings. The average molecular weight is 367 g/mol. The fourth-order valence-electron chi connectivity index (χ4n) is 2.97. The van der Waals surface area contributed by atoms with Crippen LogP contribution in [0.3, 0.4) is 0 Å². The van der Waals surface area contributed by atoms with Crippen LogP contribution in [0.25, 0.3) is 0 Å². The zero-order chi connectivity index (χ0) is 19.6. The third-order valence-electron chi connectivity index (χ3n) is 4.55. The summed E-state index contributed by atoms with van der Waals surface area (Å²) in [5, 5.41) is 5.61. The second-order valence-corrected chi connectivity index (χ2v) is 7.35. The van der Waals surface area contributed by atoms with Gasteiger partial charge in [-0.25, -0.2) is 4.79 Å². The number of carbonyl (C=O) groups excluding carboxylic acids is 2. The van der Waals surface area contributed by atoms with Crippen LogP contribution in [0.5, 0.6) is 5.75 Å². The van der Waals surface area contributed by atoms with Crippen LogP contribution in [-0.4, -0.2) is 25.1 Å². The van der Waals surface area contributed by atoms with Crippen molar-refractivity contribution >= 4 is 29.0 Å². The van der Waals surface area contributed by atoms with Gasteiger partial charge >= 0.3 is 6.03 Å². The average Bonchev–Trinajstić information content (AvgIpc) is 2.72. The minimum absolute atomic E-state index is 0.00464. The van der Waals surface area contributed by atoms with Crippen LogP contribution in [0.2, 0.25) is 0 Å². The molecule has 27 heavy (non-hydrogen) atoms. The molecule has 3 amide bonds. The number of anilines is 3. The van der Waals surface area contributed by atoms with Crippen molar-refractivity contribution in [3.63, 3.8) is 0 Å². The van der Waals surface area contributed by atoms with Crippen LogP contribution < -0.4 is 20.3 Å². The van der Waals surface area contributed by atoms with Gasteiger partial charge in [0.15, 0.2) is 0 Å². The molecule has 142 valence electrons. The Bertz CT molecular complexity index is 859. The Labute approximate surface area is 159 Å². The number of benzene rings is 2. The predicted molar refractivity (Wildman–Crippen MR) is 108 cm³/mol. The highest BCUT2D eigenvalue weighted by atomic mass is 16.5. The number of nitrogens with one attached hydrogen (secondary N) is 2. The molecular weight excluding hydrogens is 342 g/mol. The first kappa shape index (κ1) is 18.8. The second kappa shape index (κ2) is 7.31. The molecular formula is C21H25N3O3. The molecule has 1 heterocycles. The third kappa shape index (κ3) is 4.05. The Morgan fingerprint density at radius 3 is 2.41 bits per heavy atom. The molecule has 6 heteroatoms. The van der Waals surface area contributed by atoms with E-state index in [1.54, 1.807) is 23.1 Å². The van der Waals surface area contributed by atoms with Crippen molar-refractivity contribution in [3.8, 4) is 5.75 Å². The van der Waals surface area contributed by atoms with Crippen LogP contribution in [-0.2, 0) is 4.79 Å². The van der Waals surface area contributed by atoms with Crippen molar-refractivity contribution in [3.05, 3.63) is 48.0 Å². The number of urea groups is 1.